The highest BCUT2D eigenvalue weighted by Crippen LogP contribution is 2.37. The molecule has 4 atom stereocenters. The van der Waals surface area contributed by atoms with Gasteiger partial charge in [-0.1, -0.05) is 12.8 Å². The van der Waals surface area contributed by atoms with E-state index in [-0.39, 0.29) is 12.1 Å². The predicted molar refractivity (Wildman–Crippen MR) is 79.3 cm³/mol. The number of nitrogens with zero attached hydrogens (tertiary/aromatic N) is 2. The van der Waals surface area contributed by atoms with Gasteiger partial charge in [0.05, 0.1) is 0 Å². The molecule has 116 valence electrons. The Kier molecular flexibility index (Phi) is 4.10. The van der Waals surface area contributed by atoms with Gasteiger partial charge in [0.1, 0.15) is 0 Å². The zero-order chi connectivity index (χ0) is 14.3. The average Bonchev–Trinajstić information content (AvgIpc) is 2.85. The van der Waals surface area contributed by atoms with Gasteiger partial charge in [-0.2, -0.15) is 17.0 Å². The first-order valence-corrected chi connectivity index (χ1v) is 9.42. The molecule has 20 heavy (non-hydrogen) atoms. The van der Waals surface area contributed by atoms with Gasteiger partial charge in [0.15, 0.2) is 0 Å². The molecule has 0 radical (unpaired) electrons. The molecule has 4 unspecified atom stereocenters. The SMILES string of the molecule is CC1CCCCN1S(=O)(=O)N1CC2CCCC(N)C2C1. The first kappa shape index (κ1) is 14.8. The van der Waals surface area contributed by atoms with Crippen LogP contribution in [0.5, 0.6) is 0 Å². The lowest BCUT2D eigenvalue weighted by atomic mass is 9.78. The maximum absolute atomic E-state index is 12.9. The molecule has 0 amide bonds. The quantitative estimate of drug-likeness (QED) is 0.832. The van der Waals surface area contributed by atoms with Gasteiger partial charge in [-0.05, 0) is 44.4 Å². The lowest BCUT2D eigenvalue weighted by Crippen LogP contribution is -2.49. The first-order chi connectivity index (χ1) is 9.50. The van der Waals surface area contributed by atoms with E-state index in [0.717, 1.165) is 38.5 Å². The third kappa shape index (κ3) is 2.51. The number of nitrogens with two attached hydrogens (primary N) is 1. The van der Waals surface area contributed by atoms with Crippen molar-refractivity contribution in [3.8, 4) is 0 Å². The summed E-state index contributed by atoms with van der Waals surface area (Å²) in [5.41, 5.74) is 6.20. The van der Waals surface area contributed by atoms with Gasteiger partial charge >= 0.3 is 0 Å². The van der Waals surface area contributed by atoms with Crippen molar-refractivity contribution in [3.63, 3.8) is 0 Å². The van der Waals surface area contributed by atoms with Crippen molar-refractivity contribution in [3.05, 3.63) is 0 Å². The third-order valence-electron chi connectivity index (χ3n) is 5.49. The standard InChI is InChI=1S/C14H27N3O2S/c1-11-5-2-3-8-17(11)20(18,19)16-9-12-6-4-7-14(15)13(12)10-16/h11-14H,2-10,15H2,1H3. The van der Waals surface area contributed by atoms with E-state index < -0.39 is 10.2 Å². The van der Waals surface area contributed by atoms with Gasteiger partial charge < -0.3 is 5.73 Å². The van der Waals surface area contributed by atoms with E-state index in [0.29, 0.717) is 31.5 Å². The highest BCUT2D eigenvalue weighted by atomic mass is 32.2. The summed E-state index contributed by atoms with van der Waals surface area (Å²) in [6.45, 7) is 4.04. The molecule has 6 heteroatoms. The van der Waals surface area contributed by atoms with Crippen LogP contribution in [0.25, 0.3) is 0 Å². The Balaban J connectivity index is 1.75. The molecule has 0 aromatic rings. The lowest BCUT2D eigenvalue weighted by molar-refractivity contribution is 0.248. The van der Waals surface area contributed by atoms with Crippen molar-refractivity contribution in [2.45, 2.75) is 57.5 Å². The summed E-state index contributed by atoms with van der Waals surface area (Å²) in [5, 5.41) is 0. The van der Waals surface area contributed by atoms with Crippen molar-refractivity contribution in [1.29, 1.82) is 0 Å². The molecule has 5 nitrogen and oxygen atoms in total. The van der Waals surface area contributed by atoms with E-state index in [1.165, 1.54) is 0 Å². The molecule has 3 fully saturated rings. The van der Waals surface area contributed by atoms with Crippen LogP contribution in [-0.2, 0) is 10.2 Å². The summed E-state index contributed by atoms with van der Waals surface area (Å²) < 4.78 is 29.2. The van der Waals surface area contributed by atoms with Crippen molar-refractivity contribution >= 4 is 10.2 Å². The largest absolute Gasteiger partial charge is 0.327 e. The van der Waals surface area contributed by atoms with E-state index in [1.807, 2.05) is 6.92 Å². The highest BCUT2D eigenvalue weighted by molar-refractivity contribution is 7.86. The molecule has 2 heterocycles. The summed E-state index contributed by atoms with van der Waals surface area (Å²) in [5.74, 6) is 0.854. The molecule has 3 aliphatic rings. The molecule has 1 saturated carbocycles. The third-order valence-corrected chi connectivity index (χ3v) is 7.57. The second-order valence-electron chi connectivity index (χ2n) is 6.80. The molecular formula is C14H27N3O2S. The maximum atomic E-state index is 12.9. The Morgan fingerprint density at radius 2 is 1.85 bits per heavy atom. The minimum atomic E-state index is -3.28. The first-order valence-electron chi connectivity index (χ1n) is 8.02. The summed E-state index contributed by atoms with van der Waals surface area (Å²) in [4.78, 5) is 0. The van der Waals surface area contributed by atoms with Crippen molar-refractivity contribution < 1.29 is 8.42 Å². The molecule has 0 spiro atoms. The molecule has 0 bridgehead atoms. The van der Waals surface area contributed by atoms with E-state index in [9.17, 15) is 8.42 Å². The van der Waals surface area contributed by atoms with Crippen LogP contribution < -0.4 is 5.73 Å². The van der Waals surface area contributed by atoms with Crippen LogP contribution in [0.4, 0.5) is 0 Å². The Morgan fingerprint density at radius 3 is 2.55 bits per heavy atom. The van der Waals surface area contributed by atoms with Crippen LogP contribution in [0.2, 0.25) is 0 Å². The van der Waals surface area contributed by atoms with Crippen LogP contribution in [0.15, 0.2) is 0 Å². The Bertz CT molecular complexity index is 453. The molecule has 0 aromatic heterocycles. The van der Waals surface area contributed by atoms with Gasteiger partial charge in [0.25, 0.3) is 10.2 Å². The van der Waals surface area contributed by atoms with Crippen LogP contribution in [-0.4, -0.2) is 48.7 Å². The smallest absolute Gasteiger partial charge is 0.282 e. The average molecular weight is 301 g/mol. The second-order valence-corrected chi connectivity index (χ2v) is 8.68. The fourth-order valence-electron chi connectivity index (χ4n) is 4.23. The molecule has 1 aliphatic carbocycles. The van der Waals surface area contributed by atoms with Crippen LogP contribution >= 0.6 is 0 Å². The van der Waals surface area contributed by atoms with Crippen LogP contribution in [0.1, 0.15) is 45.4 Å². The van der Waals surface area contributed by atoms with Crippen molar-refractivity contribution in [1.82, 2.24) is 8.61 Å². The zero-order valence-electron chi connectivity index (χ0n) is 12.4. The van der Waals surface area contributed by atoms with Crippen LogP contribution in [0, 0.1) is 11.8 Å². The monoisotopic (exact) mass is 301 g/mol. The Labute approximate surface area is 122 Å². The number of piperidine rings is 1. The molecule has 2 saturated heterocycles. The summed E-state index contributed by atoms with van der Waals surface area (Å²) in [7, 11) is -3.28. The maximum Gasteiger partial charge on any atom is 0.282 e. The van der Waals surface area contributed by atoms with Gasteiger partial charge in [0, 0.05) is 31.7 Å². The fourth-order valence-corrected chi connectivity index (χ4v) is 6.18. The lowest BCUT2D eigenvalue weighted by Gasteiger charge is -2.35. The predicted octanol–water partition coefficient (Wildman–Crippen LogP) is 1.16. The number of hydrogen-bond donors (Lipinski definition) is 1. The van der Waals surface area contributed by atoms with Crippen molar-refractivity contribution in [2.24, 2.45) is 17.6 Å². The second kappa shape index (κ2) is 5.55. The summed E-state index contributed by atoms with van der Waals surface area (Å²) in [6.07, 6.45) is 6.46. The van der Waals surface area contributed by atoms with E-state index >= 15 is 0 Å². The zero-order valence-corrected chi connectivity index (χ0v) is 13.2. The molecule has 0 aromatic carbocycles. The molecular weight excluding hydrogens is 274 g/mol. The topological polar surface area (TPSA) is 66.6 Å². The van der Waals surface area contributed by atoms with E-state index in [4.69, 9.17) is 5.73 Å². The fraction of sp³-hybridized carbons (Fsp3) is 1.00. The minimum absolute atomic E-state index is 0.144. The highest BCUT2D eigenvalue weighted by Gasteiger charge is 2.45. The minimum Gasteiger partial charge on any atom is -0.327 e. The van der Waals surface area contributed by atoms with E-state index in [1.54, 1.807) is 8.61 Å². The van der Waals surface area contributed by atoms with Gasteiger partial charge in [-0.25, -0.2) is 0 Å². The van der Waals surface area contributed by atoms with E-state index in [2.05, 4.69) is 0 Å². The molecule has 3 rings (SSSR count). The van der Waals surface area contributed by atoms with Crippen molar-refractivity contribution in [2.75, 3.05) is 19.6 Å². The number of rotatable bonds is 2. The summed E-state index contributed by atoms with van der Waals surface area (Å²) >= 11 is 0. The van der Waals surface area contributed by atoms with Crippen LogP contribution in [0.3, 0.4) is 0 Å². The Morgan fingerprint density at radius 1 is 1.05 bits per heavy atom. The summed E-state index contributed by atoms with van der Waals surface area (Å²) in [6, 6.07) is 0.331. The number of hydrogen-bond acceptors (Lipinski definition) is 3. The van der Waals surface area contributed by atoms with Gasteiger partial charge in [-0.15, -0.1) is 0 Å². The number of fused-ring (bicyclic) bond motifs is 1. The Hall–Kier alpha value is -0.170. The molecule has 2 aliphatic heterocycles. The van der Waals surface area contributed by atoms with Gasteiger partial charge in [-0.3, -0.25) is 0 Å². The molecule has 2 N–H and O–H groups in total. The normalized spacial score (nSPS) is 40.7. The van der Waals surface area contributed by atoms with Gasteiger partial charge in [0.2, 0.25) is 0 Å².